The van der Waals surface area contributed by atoms with Crippen molar-refractivity contribution in [3.8, 4) is 0 Å². The Kier molecular flexibility index (Phi) is 5.42. The summed E-state index contributed by atoms with van der Waals surface area (Å²) in [5.74, 6) is 2.04. The van der Waals surface area contributed by atoms with Gasteiger partial charge in [0.15, 0.2) is 17.0 Å². The van der Waals surface area contributed by atoms with Crippen LogP contribution in [0, 0.1) is 5.92 Å². The second kappa shape index (κ2) is 7.56. The Bertz CT molecular complexity index is 701. The van der Waals surface area contributed by atoms with Crippen LogP contribution in [-0.4, -0.2) is 44.7 Å². The molecule has 0 saturated carbocycles. The van der Waals surface area contributed by atoms with Crippen molar-refractivity contribution >= 4 is 22.9 Å². The van der Waals surface area contributed by atoms with Gasteiger partial charge in [0.05, 0.1) is 6.33 Å². The summed E-state index contributed by atoms with van der Waals surface area (Å²) in [6.45, 7) is 12.9. The van der Waals surface area contributed by atoms with E-state index in [1.165, 1.54) is 0 Å². The fourth-order valence-corrected chi connectivity index (χ4v) is 3.34. The number of rotatable bonds is 7. The van der Waals surface area contributed by atoms with E-state index in [0.29, 0.717) is 30.0 Å². The minimum atomic E-state index is 0.306. The molecule has 1 fully saturated rings. The van der Waals surface area contributed by atoms with E-state index in [0.717, 1.165) is 42.9 Å². The van der Waals surface area contributed by atoms with Gasteiger partial charge < -0.3 is 20.5 Å². The zero-order chi connectivity index (χ0) is 18.0. The van der Waals surface area contributed by atoms with Gasteiger partial charge in [-0.05, 0) is 39.2 Å². The van der Waals surface area contributed by atoms with Gasteiger partial charge in [0.1, 0.15) is 0 Å². The average Bonchev–Trinajstić information content (AvgIpc) is 3.21. The van der Waals surface area contributed by atoms with E-state index in [9.17, 15) is 0 Å². The lowest BCUT2D eigenvalue weighted by molar-refractivity contribution is 0.508. The summed E-state index contributed by atoms with van der Waals surface area (Å²) in [7, 11) is 0. The summed E-state index contributed by atoms with van der Waals surface area (Å²) in [6.07, 6.45) is 4.01. The van der Waals surface area contributed by atoms with Crippen molar-refractivity contribution in [1.82, 2.24) is 24.8 Å². The van der Waals surface area contributed by atoms with Crippen LogP contribution in [0.5, 0.6) is 0 Å². The first-order chi connectivity index (χ1) is 12.0. The molecule has 3 N–H and O–H groups in total. The Morgan fingerprint density at radius 1 is 1.28 bits per heavy atom. The van der Waals surface area contributed by atoms with Crippen molar-refractivity contribution in [3.63, 3.8) is 0 Å². The monoisotopic (exact) mass is 345 g/mol. The van der Waals surface area contributed by atoms with Gasteiger partial charge in [0, 0.05) is 24.7 Å². The maximum atomic E-state index is 4.78. The lowest BCUT2D eigenvalue weighted by atomic mass is 10.0. The quantitative estimate of drug-likeness (QED) is 0.716. The third kappa shape index (κ3) is 3.86. The van der Waals surface area contributed by atoms with E-state index in [1.54, 1.807) is 0 Å². The molecule has 1 saturated heterocycles. The van der Waals surface area contributed by atoms with Gasteiger partial charge in [0.2, 0.25) is 5.95 Å². The van der Waals surface area contributed by atoms with Crippen LogP contribution in [0.15, 0.2) is 6.33 Å². The summed E-state index contributed by atoms with van der Waals surface area (Å²) in [6, 6.07) is 1.05. The molecule has 0 amide bonds. The predicted molar refractivity (Wildman–Crippen MR) is 103 cm³/mol. The number of hydrogen-bond donors (Lipinski definition) is 3. The van der Waals surface area contributed by atoms with E-state index in [1.807, 2.05) is 6.33 Å². The highest BCUT2D eigenvalue weighted by Gasteiger charge is 2.21. The molecule has 7 heteroatoms. The van der Waals surface area contributed by atoms with Crippen LogP contribution >= 0.6 is 0 Å². The molecule has 2 aromatic heterocycles. The van der Waals surface area contributed by atoms with E-state index >= 15 is 0 Å². The Balaban J connectivity index is 1.99. The fourth-order valence-electron chi connectivity index (χ4n) is 3.34. The molecule has 2 atom stereocenters. The maximum Gasteiger partial charge on any atom is 0.227 e. The lowest BCUT2D eigenvalue weighted by Gasteiger charge is -2.21. The summed E-state index contributed by atoms with van der Waals surface area (Å²) in [5, 5.41) is 10.5. The van der Waals surface area contributed by atoms with Crippen molar-refractivity contribution in [3.05, 3.63) is 6.33 Å². The number of fused-ring (bicyclic) bond motifs is 1. The Morgan fingerprint density at radius 3 is 2.68 bits per heavy atom. The average molecular weight is 345 g/mol. The smallest absolute Gasteiger partial charge is 0.227 e. The van der Waals surface area contributed by atoms with E-state index in [2.05, 4.69) is 60.1 Å². The van der Waals surface area contributed by atoms with Gasteiger partial charge >= 0.3 is 0 Å². The van der Waals surface area contributed by atoms with Crippen LogP contribution in [0.3, 0.4) is 0 Å². The van der Waals surface area contributed by atoms with E-state index in [4.69, 9.17) is 9.97 Å². The first-order valence-electron chi connectivity index (χ1n) is 9.48. The maximum absolute atomic E-state index is 4.78. The van der Waals surface area contributed by atoms with Crippen LogP contribution in [-0.2, 0) is 0 Å². The van der Waals surface area contributed by atoms with Crippen LogP contribution in [0.4, 0.5) is 11.8 Å². The highest BCUT2D eigenvalue weighted by Crippen LogP contribution is 2.25. The number of hydrogen-bond acceptors (Lipinski definition) is 6. The molecule has 138 valence electrons. The first kappa shape index (κ1) is 17.9. The number of nitrogens with one attached hydrogen (secondary N) is 3. The van der Waals surface area contributed by atoms with Crippen molar-refractivity contribution < 1.29 is 0 Å². The molecule has 0 spiro atoms. The number of imidazole rings is 1. The van der Waals surface area contributed by atoms with Gasteiger partial charge in [-0.25, -0.2) is 4.98 Å². The molecule has 0 radical (unpaired) electrons. The SMILES string of the molecule is CCC(Nc1nc(NC2CCNC2)c2ncn(C(C)C)c2n1)C(C)C. The summed E-state index contributed by atoms with van der Waals surface area (Å²) in [5.41, 5.74) is 1.74. The lowest BCUT2D eigenvalue weighted by Crippen LogP contribution is -2.27. The van der Waals surface area contributed by atoms with Crippen LogP contribution < -0.4 is 16.0 Å². The molecule has 0 aliphatic carbocycles. The molecule has 3 rings (SSSR count). The van der Waals surface area contributed by atoms with E-state index in [-0.39, 0.29) is 0 Å². The van der Waals surface area contributed by atoms with E-state index < -0.39 is 0 Å². The Hall–Kier alpha value is -1.89. The molecule has 2 unspecified atom stereocenters. The van der Waals surface area contributed by atoms with Crippen LogP contribution in [0.2, 0.25) is 0 Å². The minimum Gasteiger partial charge on any atom is -0.364 e. The second-order valence-corrected chi connectivity index (χ2v) is 7.55. The Morgan fingerprint density at radius 2 is 2.08 bits per heavy atom. The van der Waals surface area contributed by atoms with Crippen molar-refractivity contribution in [2.75, 3.05) is 23.7 Å². The topological polar surface area (TPSA) is 79.7 Å². The van der Waals surface area contributed by atoms with Crippen molar-refractivity contribution in [2.45, 2.75) is 65.6 Å². The van der Waals surface area contributed by atoms with Gasteiger partial charge in [-0.3, -0.25) is 0 Å². The summed E-state index contributed by atoms with van der Waals surface area (Å²) < 4.78 is 2.11. The Labute approximate surface area is 150 Å². The second-order valence-electron chi connectivity index (χ2n) is 7.55. The molecule has 1 aliphatic rings. The number of aromatic nitrogens is 4. The largest absolute Gasteiger partial charge is 0.364 e. The molecule has 25 heavy (non-hydrogen) atoms. The van der Waals surface area contributed by atoms with Crippen LogP contribution in [0.25, 0.3) is 11.2 Å². The molecular weight excluding hydrogens is 314 g/mol. The van der Waals surface area contributed by atoms with Crippen molar-refractivity contribution in [2.24, 2.45) is 5.92 Å². The van der Waals surface area contributed by atoms with Crippen molar-refractivity contribution in [1.29, 1.82) is 0 Å². The standard InChI is InChI=1S/C18H31N7/c1-6-14(11(2)3)22-18-23-16(21-13-7-8-19-9-13)15-17(24-18)25(10-20-15)12(4)5/h10-14,19H,6-9H2,1-5H3,(H2,21,22,23,24). The highest BCUT2D eigenvalue weighted by atomic mass is 15.2. The third-order valence-corrected chi connectivity index (χ3v) is 4.94. The predicted octanol–water partition coefficient (Wildman–Crippen LogP) is 3.03. The molecule has 3 heterocycles. The van der Waals surface area contributed by atoms with Gasteiger partial charge in [-0.15, -0.1) is 0 Å². The number of anilines is 2. The minimum absolute atomic E-state index is 0.306. The van der Waals surface area contributed by atoms with Crippen LogP contribution in [0.1, 0.15) is 53.5 Å². The summed E-state index contributed by atoms with van der Waals surface area (Å²) in [4.78, 5) is 14.1. The zero-order valence-electron chi connectivity index (χ0n) is 16.0. The highest BCUT2D eigenvalue weighted by molar-refractivity contribution is 5.84. The van der Waals surface area contributed by atoms with Gasteiger partial charge in [0.25, 0.3) is 0 Å². The zero-order valence-corrected chi connectivity index (χ0v) is 16.0. The molecule has 7 nitrogen and oxygen atoms in total. The molecular formula is C18H31N7. The third-order valence-electron chi connectivity index (χ3n) is 4.94. The molecule has 2 aromatic rings. The molecule has 0 aromatic carbocycles. The van der Waals surface area contributed by atoms with Gasteiger partial charge in [-0.1, -0.05) is 20.8 Å². The normalized spacial score (nSPS) is 19.1. The molecule has 0 bridgehead atoms. The van der Waals surface area contributed by atoms with Gasteiger partial charge in [-0.2, -0.15) is 9.97 Å². The fraction of sp³-hybridized carbons (Fsp3) is 0.722. The first-order valence-corrected chi connectivity index (χ1v) is 9.48. The molecule has 1 aliphatic heterocycles. The number of nitrogens with zero attached hydrogens (tertiary/aromatic N) is 4. The summed E-state index contributed by atoms with van der Waals surface area (Å²) >= 11 is 0.